The van der Waals surface area contributed by atoms with Gasteiger partial charge in [-0.25, -0.2) is 4.39 Å². The number of thioether (sulfide) groups is 1. The minimum atomic E-state index is -0.593. The van der Waals surface area contributed by atoms with Crippen molar-refractivity contribution in [1.29, 1.82) is 0 Å². The molecule has 0 saturated heterocycles. The molecular weight excluding hydrogens is 475 g/mol. The van der Waals surface area contributed by atoms with E-state index in [1.54, 1.807) is 43.3 Å². The van der Waals surface area contributed by atoms with E-state index in [-0.39, 0.29) is 17.4 Å². The summed E-state index contributed by atoms with van der Waals surface area (Å²) in [5.41, 5.74) is 2.38. The second-order valence-corrected chi connectivity index (χ2v) is 8.88. The number of aromatic nitrogens is 3. The molecule has 1 heterocycles. The first-order chi connectivity index (χ1) is 16.4. The van der Waals surface area contributed by atoms with Gasteiger partial charge in [0.1, 0.15) is 0 Å². The third kappa shape index (κ3) is 5.58. The Morgan fingerprint density at radius 1 is 1.12 bits per heavy atom. The number of anilines is 1. The highest BCUT2D eigenvalue weighted by Crippen LogP contribution is 2.29. The lowest BCUT2D eigenvalue weighted by Crippen LogP contribution is -2.16. The number of ether oxygens (including phenoxy) is 1. The summed E-state index contributed by atoms with van der Waals surface area (Å²) in [6.45, 7) is 3.66. The van der Waals surface area contributed by atoms with Crippen molar-refractivity contribution in [3.63, 3.8) is 0 Å². The summed E-state index contributed by atoms with van der Waals surface area (Å²) in [5, 5.41) is 12.6. The van der Waals surface area contributed by atoms with Crippen LogP contribution in [-0.2, 0) is 4.79 Å². The van der Waals surface area contributed by atoms with Gasteiger partial charge in [-0.3, -0.25) is 9.36 Å². The summed E-state index contributed by atoms with van der Waals surface area (Å²) < 4.78 is 21.8. The lowest BCUT2D eigenvalue weighted by Gasteiger charge is -2.17. The van der Waals surface area contributed by atoms with E-state index in [1.165, 1.54) is 17.8 Å². The Labute approximate surface area is 206 Å². The number of nitrogens with zero attached hydrogens (tertiary/aromatic N) is 3. The molecule has 0 saturated carbocycles. The molecule has 4 rings (SSSR count). The van der Waals surface area contributed by atoms with Crippen LogP contribution in [0.4, 0.5) is 10.1 Å². The van der Waals surface area contributed by atoms with E-state index in [0.717, 1.165) is 11.3 Å². The Balaban J connectivity index is 1.55. The molecule has 0 fully saturated rings. The standard InChI is InChI=1S/C25H22ClFN4O2S/c1-16-14-18(26)12-13-21(16)28-23(32)15-34-25-30-29-24(31(25)19-8-4-3-5-9-19)17(2)33-22-11-7-6-10-20(22)27/h3-14,17H,15H2,1-2H3,(H,28,32). The predicted octanol–water partition coefficient (Wildman–Crippen LogP) is 6.24. The van der Waals surface area contributed by atoms with E-state index in [9.17, 15) is 9.18 Å². The fourth-order valence-corrected chi connectivity index (χ4v) is 4.31. The van der Waals surface area contributed by atoms with E-state index in [0.29, 0.717) is 21.7 Å². The normalized spacial score (nSPS) is 11.8. The molecule has 0 spiro atoms. The first-order valence-electron chi connectivity index (χ1n) is 10.5. The Kier molecular flexibility index (Phi) is 7.49. The molecule has 1 unspecified atom stereocenters. The minimum Gasteiger partial charge on any atom is -0.480 e. The summed E-state index contributed by atoms with van der Waals surface area (Å²) in [4.78, 5) is 12.6. The van der Waals surface area contributed by atoms with Crippen LogP contribution in [0.3, 0.4) is 0 Å². The molecule has 1 N–H and O–H groups in total. The number of nitrogens with one attached hydrogen (secondary N) is 1. The predicted molar refractivity (Wildman–Crippen MR) is 132 cm³/mol. The monoisotopic (exact) mass is 496 g/mol. The third-order valence-corrected chi connectivity index (χ3v) is 6.14. The lowest BCUT2D eigenvalue weighted by atomic mass is 10.2. The van der Waals surface area contributed by atoms with Crippen molar-refractivity contribution < 1.29 is 13.9 Å². The molecule has 6 nitrogen and oxygen atoms in total. The average Bonchev–Trinajstić information content (AvgIpc) is 3.26. The number of hydrogen-bond acceptors (Lipinski definition) is 5. The van der Waals surface area contributed by atoms with Gasteiger partial charge >= 0.3 is 0 Å². The van der Waals surface area contributed by atoms with Crippen molar-refractivity contribution >= 4 is 35.0 Å². The number of carbonyl (C=O) groups excluding carboxylic acids is 1. The van der Waals surface area contributed by atoms with E-state index in [1.807, 2.05) is 41.8 Å². The summed E-state index contributed by atoms with van der Waals surface area (Å²) in [6.07, 6.45) is -0.593. The molecule has 0 aliphatic carbocycles. The molecule has 0 aliphatic rings. The van der Waals surface area contributed by atoms with E-state index < -0.39 is 11.9 Å². The highest BCUT2D eigenvalue weighted by Gasteiger charge is 2.22. The van der Waals surface area contributed by atoms with Crippen LogP contribution in [0, 0.1) is 12.7 Å². The topological polar surface area (TPSA) is 69.0 Å². The molecule has 1 atom stereocenters. The number of aryl methyl sites for hydroxylation is 1. The molecule has 1 amide bonds. The number of halogens is 2. The van der Waals surface area contributed by atoms with Crippen LogP contribution in [0.2, 0.25) is 5.02 Å². The third-order valence-electron chi connectivity index (χ3n) is 4.97. The van der Waals surface area contributed by atoms with Crippen LogP contribution in [-0.4, -0.2) is 26.4 Å². The van der Waals surface area contributed by atoms with Gasteiger partial charge in [0.25, 0.3) is 0 Å². The highest BCUT2D eigenvalue weighted by atomic mass is 35.5. The molecule has 0 aliphatic heterocycles. The number of rotatable bonds is 8. The SMILES string of the molecule is Cc1cc(Cl)ccc1NC(=O)CSc1nnc(C(C)Oc2ccccc2F)n1-c1ccccc1. The van der Waals surface area contributed by atoms with E-state index >= 15 is 0 Å². The van der Waals surface area contributed by atoms with Gasteiger partial charge in [-0.05, 0) is 61.9 Å². The van der Waals surface area contributed by atoms with Crippen molar-refractivity contribution in [1.82, 2.24) is 14.8 Å². The second-order valence-electron chi connectivity index (χ2n) is 7.50. The molecule has 0 radical (unpaired) electrons. The molecule has 34 heavy (non-hydrogen) atoms. The molecule has 1 aromatic heterocycles. The Hall–Kier alpha value is -3.36. The van der Waals surface area contributed by atoms with Crippen molar-refractivity contribution in [2.75, 3.05) is 11.1 Å². The highest BCUT2D eigenvalue weighted by molar-refractivity contribution is 7.99. The smallest absolute Gasteiger partial charge is 0.234 e. The van der Waals surface area contributed by atoms with Crippen LogP contribution in [0.15, 0.2) is 78.0 Å². The van der Waals surface area contributed by atoms with Crippen molar-refractivity contribution in [3.8, 4) is 11.4 Å². The van der Waals surface area contributed by atoms with Crippen LogP contribution in [0.5, 0.6) is 5.75 Å². The van der Waals surface area contributed by atoms with Gasteiger partial charge < -0.3 is 10.1 Å². The van der Waals surface area contributed by atoms with Gasteiger partial charge in [0.15, 0.2) is 28.7 Å². The van der Waals surface area contributed by atoms with Gasteiger partial charge in [0.05, 0.1) is 5.75 Å². The Bertz CT molecular complexity index is 1300. The van der Waals surface area contributed by atoms with Gasteiger partial charge in [-0.15, -0.1) is 10.2 Å². The maximum atomic E-state index is 14.1. The Morgan fingerprint density at radius 2 is 1.85 bits per heavy atom. The molecule has 0 bridgehead atoms. The number of hydrogen-bond donors (Lipinski definition) is 1. The van der Waals surface area contributed by atoms with E-state index in [4.69, 9.17) is 16.3 Å². The zero-order valence-electron chi connectivity index (χ0n) is 18.5. The summed E-state index contributed by atoms with van der Waals surface area (Å²) in [7, 11) is 0. The van der Waals surface area contributed by atoms with Gasteiger partial charge in [0.2, 0.25) is 5.91 Å². The largest absolute Gasteiger partial charge is 0.480 e. The van der Waals surface area contributed by atoms with Crippen molar-refractivity contribution in [2.24, 2.45) is 0 Å². The number of para-hydroxylation sites is 2. The second kappa shape index (κ2) is 10.7. The van der Waals surface area contributed by atoms with Crippen LogP contribution in [0.25, 0.3) is 5.69 Å². The van der Waals surface area contributed by atoms with Gasteiger partial charge in [-0.2, -0.15) is 0 Å². The zero-order chi connectivity index (χ0) is 24.1. The number of carbonyl (C=O) groups is 1. The van der Waals surface area contributed by atoms with Crippen molar-refractivity contribution in [3.05, 3.63) is 95.0 Å². The zero-order valence-corrected chi connectivity index (χ0v) is 20.1. The summed E-state index contributed by atoms with van der Waals surface area (Å²) in [6, 6.07) is 21.0. The van der Waals surface area contributed by atoms with Gasteiger partial charge in [-0.1, -0.05) is 53.7 Å². The molecule has 9 heteroatoms. The maximum absolute atomic E-state index is 14.1. The molecule has 174 valence electrons. The molecular formula is C25H22ClFN4O2S. The van der Waals surface area contributed by atoms with Crippen LogP contribution >= 0.6 is 23.4 Å². The average molecular weight is 497 g/mol. The van der Waals surface area contributed by atoms with Crippen LogP contribution in [0.1, 0.15) is 24.4 Å². The van der Waals surface area contributed by atoms with Crippen LogP contribution < -0.4 is 10.1 Å². The Morgan fingerprint density at radius 3 is 2.59 bits per heavy atom. The first-order valence-corrected chi connectivity index (χ1v) is 11.9. The number of amides is 1. The van der Waals surface area contributed by atoms with Gasteiger partial charge in [0, 0.05) is 16.4 Å². The molecule has 4 aromatic rings. The van der Waals surface area contributed by atoms with Crippen molar-refractivity contribution in [2.45, 2.75) is 25.1 Å². The lowest BCUT2D eigenvalue weighted by molar-refractivity contribution is -0.113. The quantitative estimate of drug-likeness (QED) is 0.292. The molecule has 3 aromatic carbocycles. The fraction of sp³-hybridized carbons (Fsp3) is 0.160. The summed E-state index contributed by atoms with van der Waals surface area (Å²) >= 11 is 7.24. The first kappa shape index (κ1) is 23.8. The maximum Gasteiger partial charge on any atom is 0.234 e. The fourth-order valence-electron chi connectivity index (χ4n) is 3.32. The van der Waals surface area contributed by atoms with E-state index in [2.05, 4.69) is 15.5 Å². The summed E-state index contributed by atoms with van der Waals surface area (Å²) in [5.74, 6) is 0.102. The number of benzene rings is 3. The minimum absolute atomic E-state index is 0.121.